The molecule has 0 unspecified atom stereocenters. The van der Waals surface area contributed by atoms with Gasteiger partial charge in [-0.2, -0.15) is 0 Å². The van der Waals surface area contributed by atoms with Crippen LogP contribution in [-0.2, 0) is 9.59 Å². The maximum Gasteiger partial charge on any atom is 0.236 e. The van der Waals surface area contributed by atoms with Gasteiger partial charge in [-0.05, 0) is 25.7 Å². The van der Waals surface area contributed by atoms with Crippen LogP contribution in [-0.4, -0.2) is 60.4 Å². The summed E-state index contributed by atoms with van der Waals surface area (Å²) in [6.07, 6.45) is 4.17. The Morgan fingerprint density at radius 1 is 1.05 bits per heavy atom. The van der Waals surface area contributed by atoms with E-state index in [0.717, 1.165) is 51.9 Å². The zero-order chi connectivity index (χ0) is 15.5. The molecule has 0 aromatic carbocycles. The molecule has 5 nitrogen and oxygen atoms in total. The summed E-state index contributed by atoms with van der Waals surface area (Å²) in [5.41, 5.74) is -0.331. The second kappa shape index (κ2) is 6.77. The molecule has 0 aromatic rings. The lowest BCUT2D eigenvalue weighted by atomic mass is 9.94. The van der Waals surface area contributed by atoms with Gasteiger partial charge in [0, 0.05) is 37.6 Å². The second-order valence-electron chi connectivity index (χ2n) is 7.36. The lowest BCUT2D eigenvalue weighted by Gasteiger charge is -2.34. The Hall–Kier alpha value is -1.10. The van der Waals surface area contributed by atoms with Crippen molar-refractivity contribution in [2.75, 3.05) is 32.7 Å². The summed E-state index contributed by atoms with van der Waals surface area (Å²) in [4.78, 5) is 28.3. The standard InChI is InChI=1S/C16H29N3O2/c1-16(2,3)15(21)17-13-6-10-18(11-7-13)12-14(20)19-8-4-5-9-19/h13H,4-12H2,1-3H3,(H,17,21). The molecular weight excluding hydrogens is 266 g/mol. The van der Waals surface area contributed by atoms with Crippen LogP contribution >= 0.6 is 0 Å². The van der Waals surface area contributed by atoms with E-state index >= 15 is 0 Å². The molecule has 0 spiro atoms. The van der Waals surface area contributed by atoms with E-state index in [0.29, 0.717) is 6.54 Å². The molecule has 2 aliphatic rings. The van der Waals surface area contributed by atoms with E-state index in [4.69, 9.17) is 0 Å². The summed E-state index contributed by atoms with van der Waals surface area (Å²) >= 11 is 0. The van der Waals surface area contributed by atoms with Crippen molar-refractivity contribution >= 4 is 11.8 Å². The highest BCUT2D eigenvalue weighted by atomic mass is 16.2. The average molecular weight is 295 g/mol. The Bertz CT molecular complexity index is 375. The van der Waals surface area contributed by atoms with Gasteiger partial charge in [0.1, 0.15) is 0 Å². The minimum atomic E-state index is -0.331. The van der Waals surface area contributed by atoms with Gasteiger partial charge in [-0.3, -0.25) is 14.5 Å². The van der Waals surface area contributed by atoms with Gasteiger partial charge in [0.25, 0.3) is 0 Å². The number of piperidine rings is 1. The van der Waals surface area contributed by atoms with Crippen molar-refractivity contribution in [2.45, 2.75) is 52.5 Å². The fourth-order valence-electron chi connectivity index (χ4n) is 2.90. The van der Waals surface area contributed by atoms with Crippen LogP contribution in [0.15, 0.2) is 0 Å². The zero-order valence-corrected chi connectivity index (χ0v) is 13.7. The first-order chi connectivity index (χ1) is 9.86. The lowest BCUT2D eigenvalue weighted by Crippen LogP contribution is -2.49. The molecule has 0 saturated carbocycles. The number of hydrogen-bond donors (Lipinski definition) is 1. The molecule has 2 saturated heterocycles. The quantitative estimate of drug-likeness (QED) is 0.852. The smallest absolute Gasteiger partial charge is 0.236 e. The topological polar surface area (TPSA) is 52.7 Å². The van der Waals surface area contributed by atoms with Gasteiger partial charge in [-0.15, -0.1) is 0 Å². The number of carbonyl (C=O) groups is 2. The van der Waals surface area contributed by atoms with Crippen LogP contribution in [0.5, 0.6) is 0 Å². The number of amides is 2. The first kappa shape index (κ1) is 16.3. The van der Waals surface area contributed by atoms with Crippen molar-refractivity contribution in [1.29, 1.82) is 0 Å². The summed E-state index contributed by atoms with van der Waals surface area (Å²) in [6.45, 7) is 10.0. The number of carbonyl (C=O) groups excluding carboxylic acids is 2. The molecule has 0 atom stereocenters. The predicted molar refractivity (Wildman–Crippen MR) is 82.9 cm³/mol. The normalized spacial score (nSPS) is 21.6. The molecule has 0 aliphatic carbocycles. The molecule has 5 heteroatoms. The third-order valence-electron chi connectivity index (χ3n) is 4.42. The van der Waals surface area contributed by atoms with Gasteiger partial charge in [0.2, 0.25) is 11.8 Å². The van der Waals surface area contributed by atoms with Crippen molar-refractivity contribution in [3.63, 3.8) is 0 Å². The highest BCUT2D eigenvalue weighted by Gasteiger charge is 2.28. The van der Waals surface area contributed by atoms with E-state index in [9.17, 15) is 9.59 Å². The molecule has 21 heavy (non-hydrogen) atoms. The van der Waals surface area contributed by atoms with Crippen LogP contribution in [0.2, 0.25) is 0 Å². The third-order valence-corrected chi connectivity index (χ3v) is 4.42. The highest BCUT2D eigenvalue weighted by molar-refractivity contribution is 5.81. The number of hydrogen-bond acceptors (Lipinski definition) is 3. The van der Waals surface area contributed by atoms with Gasteiger partial charge >= 0.3 is 0 Å². The Morgan fingerprint density at radius 3 is 2.14 bits per heavy atom. The fourth-order valence-corrected chi connectivity index (χ4v) is 2.90. The lowest BCUT2D eigenvalue weighted by molar-refractivity contribution is -0.132. The van der Waals surface area contributed by atoms with Crippen molar-refractivity contribution in [1.82, 2.24) is 15.1 Å². The monoisotopic (exact) mass is 295 g/mol. The summed E-state index contributed by atoms with van der Waals surface area (Å²) in [7, 11) is 0. The van der Waals surface area contributed by atoms with E-state index in [2.05, 4.69) is 10.2 Å². The Labute approximate surface area is 128 Å². The van der Waals surface area contributed by atoms with E-state index in [1.807, 2.05) is 25.7 Å². The Morgan fingerprint density at radius 2 is 1.62 bits per heavy atom. The molecule has 0 aromatic heterocycles. The van der Waals surface area contributed by atoms with Gasteiger partial charge in [-0.1, -0.05) is 20.8 Å². The van der Waals surface area contributed by atoms with Gasteiger partial charge in [-0.25, -0.2) is 0 Å². The van der Waals surface area contributed by atoms with Gasteiger partial charge in [0.15, 0.2) is 0 Å². The van der Waals surface area contributed by atoms with E-state index in [1.54, 1.807) is 0 Å². The van der Waals surface area contributed by atoms with Crippen molar-refractivity contribution in [3.8, 4) is 0 Å². The maximum absolute atomic E-state index is 12.1. The van der Waals surface area contributed by atoms with E-state index in [1.165, 1.54) is 0 Å². The average Bonchev–Trinajstić information content (AvgIpc) is 2.94. The van der Waals surface area contributed by atoms with Crippen LogP contribution in [0.4, 0.5) is 0 Å². The summed E-state index contributed by atoms with van der Waals surface area (Å²) in [5.74, 6) is 0.388. The molecule has 1 N–H and O–H groups in total. The first-order valence-electron chi connectivity index (χ1n) is 8.17. The number of rotatable bonds is 3. The summed E-state index contributed by atoms with van der Waals surface area (Å²) < 4.78 is 0. The van der Waals surface area contributed by atoms with Crippen molar-refractivity contribution < 1.29 is 9.59 Å². The Balaban J connectivity index is 1.70. The fraction of sp³-hybridized carbons (Fsp3) is 0.875. The number of nitrogens with one attached hydrogen (secondary N) is 1. The van der Waals surface area contributed by atoms with Crippen molar-refractivity contribution in [2.24, 2.45) is 5.41 Å². The molecule has 0 radical (unpaired) electrons. The highest BCUT2D eigenvalue weighted by Crippen LogP contribution is 2.17. The van der Waals surface area contributed by atoms with Crippen LogP contribution in [0.1, 0.15) is 46.5 Å². The van der Waals surface area contributed by atoms with Gasteiger partial charge < -0.3 is 10.2 Å². The predicted octanol–water partition coefficient (Wildman–Crippen LogP) is 1.24. The summed E-state index contributed by atoms with van der Waals surface area (Å²) in [5, 5.41) is 3.13. The largest absolute Gasteiger partial charge is 0.353 e. The number of nitrogens with zero attached hydrogens (tertiary/aromatic N) is 2. The molecule has 2 heterocycles. The van der Waals surface area contributed by atoms with Crippen LogP contribution in [0.25, 0.3) is 0 Å². The van der Waals surface area contributed by atoms with Gasteiger partial charge in [0.05, 0.1) is 6.54 Å². The third kappa shape index (κ3) is 4.70. The minimum absolute atomic E-state index is 0.120. The number of likely N-dealkylation sites (tertiary alicyclic amines) is 2. The summed E-state index contributed by atoms with van der Waals surface area (Å²) in [6, 6.07) is 0.259. The van der Waals surface area contributed by atoms with Crippen LogP contribution < -0.4 is 5.32 Å². The Kier molecular flexibility index (Phi) is 5.25. The second-order valence-corrected chi connectivity index (χ2v) is 7.36. The molecule has 2 rings (SSSR count). The zero-order valence-electron chi connectivity index (χ0n) is 13.7. The molecule has 2 fully saturated rings. The molecule has 2 aliphatic heterocycles. The molecule has 120 valence electrons. The first-order valence-corrected chi connectivity index (χ1v) is 8.17. The van der Waals surface area contributed by atoms with E-state index < -0.39 is 0 Å². The van der Waals surface area contributed by atoms with Crippen molar-refractivity contribution in [3.05, 3.63) is 0 Å². The molecule has 2 amide bonds. The SMILES string of the molecule is CC(C)(C)C(=O)NC1CCN(CC(=O)N2CCCC2)CC1. The van der Waals surface area contributed by atoms with Crippen LogP contribution in [0, 0.1) is 5.41 Å². The minimum Gasteiger partial charge on any atom is -0.353 e. The van der Waals surface area contributed by atoms with Crippen LogP contribution in [0.3, 0.4) is 0 Å². The molecular formula is C16H29N3O2. The molecule has 0 bridgehead atoms. The van der Waals surface area contributed by atoms with E-state index in [-0.39, 0.29) is 23.3 Å². The maximum atomic E-state index is 12.1.